The van der Waals surface area contributed by atoms with Crippen LogP contribution in [0.3, 0.4) is 0 Å². The van der Waals surface area contributed by atoms with Gasteiger partial charge in [0.2, 0.25) is 0 Å². The highest BCUT2D eigenvalue weighted by molar-refractivity contribution is 8.14. The van der Waals surface area contributed by atoms with Gasteiger partial charge in [-0.2, -0.15) is 0 Å². The molecular formula is C25H40N3O2PS. The zero-order valence-electron chi connectivity index (χ0n) is 20.5. The van der Waals surface area contributed by atoms with Crippen molar-refractivity contribution in [2.75, 3.05) is 59.6 Å². The fraction of sp³-hybridized carbons (Fsp3) is 0.600. The summed E-state index contributed by atoms with van der Waals surface area (Å²) in [6.07, 6.45) is 2.44. The summed E-state index contributed by atoms with van der Waals surface area (Å²) in [5, 5.41) is 1.50. The maximum Gasteiger partial charge on any atom is 0.118 e. The molecule has 0 saturated carbocycles. The van der Waals surface area contributed by atoms with Crippen molar-refractivity contribution in [2.24, 2.45) is 0 Å². The second-order valence-corrected chi connectivity index (χ2v) is 12.4. The topological polar surface area (TPSA) is 28.2 Å². The maximum absolute atomic E-state index is 6.70. The van der Waals surface area contributed by atoms with Crippen LogP contribution in [0.2, 0.25) is 0 Å². The van der Waals surface area contributed by atoms with Crippen LogP contribution < -0.4 is 4.74 Å². The highest BCUT2D eigenvalue weighted by atomic mass is 32.4. The van der Waals surface area contributed by atoms with Crippen LogP contribution >= 0.6 is 6.34 Å². The lowest BCUT2D eigenvalue weighted by atomic mass is 10.1. The molecule has 0 radical (unpaired) electrons. The van der Waals surface area contributed by atoms with Crippen molar-refractivity contribution in [2.45, 2.75) is 40.5 Å². The number of nitrogens with zero attached hydrogens (tertiary/aromatic N) is 3. The molecule has 2 aliphatic rings. The molecule has 0 unspecified atom stereocenters. The summed E-state index contributed by atoms with van der Waals surface area (Å²) in [7, 11) is 1.71. The van der Waals surface area contributed by atoms with E-state index in [4.69, 9.17) is 21.3 Å². The summed E-state index contributed by atoms with van der Waals surface area (Å²) in [4.78, 5) is 2.55. The Bertz CT molecular complexity index is 838. The predicted octanol–water partition coefficient (Wildman–Crippen LogP) is 5.41. The van der Waals surface area contributed by atoms with Crippen molar-refractivity contribution in [1.82, 2.24) is 14.2 Å². The quantitative estimate of drug-likeness (QED) is 0.419. The van der Waals surface area contributed by atoms with Gasteiger partial charge in [-0.25, -0.2) is 0 Å². The van der Waals surface area contributed by atoms with Crippen molar-refractivity contribution in [3.8, 4) is 5.75 Å². The third-order valence-electron chi connectivity index (χ3n) is 6.57. The van der Waals surface area contributed by atoms with E-state index in [2.05, 4.69) is 60.1 Å². The van der Waals surface area contributed by atoms with Crippen LogP contribution in [0.4, 0.5) is 0 Å². The van der Waals surface area contributed by atoms with Gasteiger partial charge in [-0.15, -0.1) is 0 Å². The average Bonchev–Trinajstić information content (AvgIpc) is 3.25. The number of rotatable bonds is 10. The van der Waals surface area contributed by atoms with Crippen LogP contribution in [0.25, 0.3) is 6.08 Å². The Labute approximate surface area is 200 Å². The van der Waals surface area contributed by atoms with Crippen molar-refractivity contribution in [3.63, 3.8) is 0 Å². The summed E-state index contributed by atoms with van der Waals surface area (Å²) in [6.45, 7) is 16.4. The summed E-state index contributed by atoms with van der Waals surface area (Å²) in [5.41, 5.74) is 4.04. The zero-order valence-corrected chi connectivity index (χ0v) is 22.2. The standard InChI is InChI=1S/C25H40N3O2PS/c1-6-27(7-2)31(32,28(8-3)9-4)24-15-12-22(25(24)26-16-18-30-19-17-26)20-21-10-13-23(29-5)14-11-21/h10-11,13-14,20H,6-9,12,15-19H2,1-5H3/b22-20+. The molecule has 0 N–H and O–H groups in total. The number of methoxy groups -OCH3 is 1. The Morgan fingerprint density at radius 1 is 0.969 bits per heavy atom. The summed E-state index contributed by atoms with van der Waals surface area (Å²) in [6, 6.07) is 8.37. The SMILES string of the molecule is CCN(CC)P(=S)(C1=C(N2CCOCC2)/C(=C/c2ccc(OC)cc2)CC1)N(CC)CC. The molecular weight excluding hydrogens is 437 g/mol. The molecule has 1 aliphatic heterocycles. The molecule has 0 spiro atoms. The smallest absolute Gasteiger partial charge is 0.118 e. The Hall–Kier alpha value is -1.17. The first-order valence-corrected chi connectivity index (χ1v) is 14.8. The highest BCUT2D eigenvalue weighted by Crippen LogP contribution is 2.65. The molecule has 3 rings (SSSR count). The van der Waals surface area contributed by atoms with Crippen LogP contribution in [-0.2, 0) is 16.5 Å². The fourth-order valence-electron chi connectivity index (χ4n) is 4.91. The van der Waals surface area contributed by atoms with Gasteiger partial charge in [0.15, 0.2) is 0 Å². The molecule has 7 heteroatoms. The zero-order chi connectivity index (χ0) is 23.1. The van der Waals surface area contributed by atoms with Crippen molar-refractivity contribution >= 4 is 24.2 Å². The van der Waals surface area contributed by atoms with Gasteiger partial charge in [0.05, 0.1) is 20.3 Å². The molecule has 1 aliphatic carbocycles. The van der Waals surface area contributed by atoms with E-state index in [9.17, 15) is 0 Å². The first kappa shape index (κ1) is 25.5. The van der Waals surface area contributed by atoms with Gasteiger partial charge in [0, 0.05) is 50.3 Å². The Morgan fingerprint density at radius 2 is 1.53 bits per heavy atom. The molecule has 32 heavy (non-hydrogen) atoms. The predicted molar refractivity (Wildman–Crippen MR) is 140 cm³/mol. The van der Waals surface area contributed by atoms with Crippen LogP contribution in [0.1, 0.15) is 46.1 Å². The largest absolute Gasteiger partial charge is 0.497 e. The lowest BCUT2D eigenvalue weighted by Gasteiger charge is -2.44. The Morgan fingerprint density at radius 3 is 2.03 bits per heavy atom. The minimum Gasteiger partial charge on any atom is -0.497 e. The summed E-state index contributed by atoms with van der Waals surface area (Å²) >= 11 is 6.70. The third kappa shape index (κ3) is 5.15. The molecule has 0 atom stereocenters. The van der Waals surface area contributed by atoms with Gasteiger partial charge >= 0.3 is 0 Å². The van der Waals surface area contributed by atoms with E-state index in [-0.39, 0.29) is 0 Å². The lowest BCUT2D eigenvalue weighted by Crippen LogP contribution is -2.37. The molecule has 1 fully saturated rings. The third-order valence-corrected chi connectivity index (χ3v) is 12.4. The molecule has 0 bridgehead atoms. The molecule has 0 amide bonds. The Balaban J connectivity index is 2.15. The molecule has 1 heterocycles. The maximum atomic E-state index is 6.70. The number of ether oxygens (including phenoxy) is 2. The first-order valence-electron chi connectivity index (χ1n) is 12.1. The second kappa shape index (κ2) is 11.8. The van der Waals surface area contributed by atoms with E-state index in [0.29, 0.717) is 0 Å². The van der Waals surface area contributed by atoms with Gasteiger partial charge in [0.1, 0.15) is 12.1 Å². The fourth-order valence-corrected chi connectivity index (χ4v) is 10.4. The summed E-state index contributed by atoms with van der Waals surface area (Å²) in [5.74, 6) is 0.891. The average molecular weight is 478 g/mol. The molecule has 0 aromatic heterocycles. The van der Waals surface area contributed by atoms with Gasteiger partial charge in [-0.3, -0.25) is 9.34 Å². The molecule has 178 valence electrons. The number of hydrogen-bond acceptors (Lipinski definition) is 4. The first-order chi connectivity index (χ1) is 15.5. The van der Waals surface area contributed by atoms with Gasteiger partial charge < -0.3 is 14.4 Å². The van der Waals surface area contributed by atoms with E-state index in [1.807, 2.05) is 12.1 Å². The van der Waals surface area contributed by atoms with Crippen LogP contribution in [0.5, 0.6) is 5.75 Å². The highest BCUT2D eigenvalue weighted by Gasteiger charge is 2.40. The van der Waals surface area contributed by atoms with E-state index in [0.717, 1.165) is 71.1 Å². The molecule has 1 aromatic carbocycles. The normalized spacial score (nSPS) is 19.0. The number of allylic oxidation sites excluding steroid dienone is 2. The van der Waals surface area contributed by atoms with Crippen molar-refractivity contribution in [3.05, 3.63) is 46.4 Å². The lowest BCUT2D eigenvalue weighted by molar-refractivity contribution is 0.0548. The minimum atomic E-state index is -2.03. The monoisotopic (exact) mass is 477 g/mol. The van der Waals surface area contributed by atoms with Gasteiger partial charge in [0.25, 0.3) is 0 Å². The van der Waals surface area contributed by atoms with E-state index < -0.39 is 6.34 Å². The van der Waals surface area contributed by atoms with Gasteiger partial charge in [-0.05, 0) is 42.2 Å². The molecule has 1 aromatic rings. The number of hydrogen-bond donors (Lipinski definition) is 0. The van der Waals surface area contributed by atoms with E-state index in [1.165, 1.54) is 22.1 Å². The van der Waals surface area contributed by atoms with Crippen LogP contribution in [0, 0.1) is 0 Å². The summed E-state index contributed by atoms with van der Waals surface area (Å²) < 4.78 is 16.2. The molecule has 1 saturated heterocycles. The van der Waals surface area contributed by atoms with E-state index >= 15 is 0 Å². The minimum absolute atomic E-state index is 0.784. The van der Waals surface area contributed by atoms with Crippen LogP contribution in [0.15, 0.2) is 40.8 Å². The van der Waals surface area contributed by atoms with Crippen molar-refractivity contribution in [1.29, 1.82) is 0 Å². The number of benzene rings is 1. The van der Waals surface area contributed by atoms with Gasteiger partial charge in [-0.1, -0.05) is 51.6 Å². The Kier molecular flexibility index (Phi) is 9.39. The molecule has 5 nitrogen and oxygen atoms in total. The van der Waals surface area contributed by atoms with E-state index in [1.54, 1.807) is 7.11 Å². The van der Waals surface area contributed by atoms with Crippen molar-refractivity contribution < 1.29 is 9.47 Å². The number of morpholine rings is 1. The van der Waals surface area contributed by atoms with Crippen LogP contribution in [-0.4, -0.2) is 73.8 Å². The second-order valence-electron chi connectivity index (χ2n) is 8.16.